The second kappa shape index (κ2) is 3.92. The molecule has 0 radical (unpaired) electrons. The lowest BCUT2D eigenvalue weighted by molar-refractivity contribution is 0.698. The Hall–Kier alpha value is -1.68. The van der Waals surface area contributed by atoms with Crippen molar-refractivity contribution >= 4 is 17.3 Å². The van der Waals surface area contributed by atoms with Crippen LogP contribution in [0.1, 0.15) is 24.2 Å². The molecule has 1 unspecified atom stereocenters. The van der Waals surface area contributed by atoms with E-state index in [2.05, 4.69) is 26.8 Å². The Kier molecular flexibility index (Phi) is 2.48. The lowest BCUT2D eigenvalue weighted by Gasteiger charge is -2.34. The van der Waals surface area contributed by atoms with Gasteiger partial charge in [-0.2, -0.15) is 0 Å². The highest BCUT2D eigenvalue weighted by Gasteiger charge is 2.31. The smallest absolute Gasteiger partial charge is 0.153 e. The zero-order chi connectivity index (χ0) is 12.9. The maximum atomic E-state index is 6.24. The molecule has 4 nitrogen and oxygen atoms in total. The van der Waals surface area contributed by atoms with Crippen LogP contribution in [-0.4, -0.2) is 22.0 Å². The SMILES string of the molecule is Cc1cnc(Cl)c2c1-c1nccnc1C(C)N2C. The predicted octanol–water partition coefficient (Wildman–Crippen LogP) is 3.01. The lowest BCUT2D eigenvalue weighted by Crippen LogP contribution is -2.28. The van der Waals surface area contributed by atoms with Crippen molar-refractivity contribution < 1.29 is 0 Å². The predicted molar refractivity (Wildman–Crippen MR) is 71.8 cm³/mol. The van der Waals surface area contributed by atoms with Crippen LogP contribution in [0.25, 0.3) is 11.3 Å². The number of anilines is 1. The van der Waals surface area contributed by atoms with E-state index in [-0.39, 0.29) is 6.04 Å². The van der Waals surface area contributed by atoms with Gasteiger partial charge in [0.05, 0.1) is 23.1 Å². The zero-order valence-corrected chi connectivity index (χ0v) is 11.2. The van der Waals surface area contributed by atoms with Crippen LogP contribution in [0.4, 0.5) is 5.69 Å². The summed E-state index contributed by atoms with van der Waals surface area (Å²) in [6.07, 6.45) is 5.23. The molecule has 0 saturated heterocycles. The highest BCUT2D eigenvalue weighted by molar-refractivity contribution is 6.33. The van der Waals surface area contributed by atoms with E-state index in [0.717, 1.165) is 28.2 Å². The number of hydrogen-bond acceptors (Lipinski definition) is 4. The van der Waals surface area contributed by atoms with Gasteiger partial charge in [-0.05, 0) is 19.4 Å². The van der Waals surface area contributed by atoms with Crippen LogP contribution in [0, 0.1) is 6.92 Å². The van der Waals surface area contributed by atoms with Crippen LogP contribution < -0.4 is 4.90 Å². The number of halogens is 1. The van der Waals surface area contributed by atoms with Crippen molar-refractivity contribution in [1.29, 1.82) is 0 Å². The van der Waals surface area contributed by atoms with Crippen LogP contribution in [0.2, 0.25) is 5.15 Å². The molecule has 1 aliphatic rings. The average Bonchev–Trinajstić information content (AvgIpc) is 2.38. The molecule has 0 N–H and O–H groups in total. The third-order valence-electron chi connectivity index (χ3n) is 3.49. The van der Waals surface area contributed by atoms with Gasteiger partial charge in [0.1, 0.15) is 0 Å². The number of pyridine rings is 1. The monoisotopic (exact) mass is 260 g/mol. The molecule has 92 valence electrons. The molecule has 3 rings (SSSR count). The molecule has 0 amide bonds. The van der Waals surface area contributed by atoms with Gasteiger partial charge in [0.2, 0.25) is 0 Å². The summed E-state index contributed by atoms with van der Waals surface area (Å²) in [5.74, 6) is 0. The van der Waals surface area contributed by atoms with E-state index in [4.69, 9.17) is 11.6 Å². The first kappa shape index (κ1) is 11.4. The standard InChI is InChI=1S/C13H13ClN4/c1-7-6-17-13(14)12-9(7)11-10(8(2)18(12)3)15-4-5-16-11/h4-6,8H,1-3H3. The summed E-state index contributed by atoms with van der Waals surface area (Å²) in [4.78, 5) is 15.3. The van der Waals surface area contributed by atoms with Crippen LogP contribution in [0.15, 0.2) is 18.6 Å². The first-order valence-electron chi connectivity index (χ1n) is 5.80. The molecule has 2 aromatic heterocycles. The molecule has 0 bridgehead atoms. The second-order valence-electron chi connectivity index (χ2n) is 4.53. The molecular formula is C13H13ClN4. The van der Waals surface area contributed by atoms with Crippen LogP contribution >= 0.6 is 11.6 Å². The summed E-state index contributed by atoms with van der Waals surface area (Å²) < 4.78 is 0. The minimum absolute atomic E-state index is 0.141. The third-order valence-corrected chi connectivity index (χ3v) is 3.77. The summed E-state index contributed by atoms with van der Waals surface area (Å²) in [6.45, 7) is 4.11. The minimum atomic E-state index is 0.141. The van der Waals surface area contributed by atoms with E-state index in [1.807, 2.05) is 14.0 Å². The van der Waals surface area contributed by atoms with Gasteiger partial charge >= 0.3 is 0 Å². The van der Waals surface area contributed by atoms with E-state index in [1.54, 1.807) is 18.6 Å². The molecule has 0 fully saturated rings. The zero-order valence-electron chi connectivity index (χ0n) is 10.5. The quantitative estimate of drug-likeness (QED) is 0.683. The minimum Gasteiger partial charge on any atom is -0.363 e. The molecule has 5 heteroatoms. The number of nitrogens with zero attached hydrogens (tertiary/aromatic N) is 4. The summed E-state index contributed by atoms with van der Waals surface area (Å²) >= 11 is 6.24. The van der Waals surface area contributed by atoms with Gasteiger partial charge in [-0.25, -0.2) is 4.98 Å². The number of rotatable bonds is 0. The van der Waals surface area contributed by atoms with Crippen molar-refractivity contribution in [2.45, 2.75) is 19.9 Å². The topological polar surface area (TPSA) is 41.9 Å². The fourth-order valence-electron chi connectivity index (χ4n) is 2.41. The molecule has 18 heavy (non-hydrogen) atoms. The van der Waals surface area contributed by atoms with E-state index in [9.17, 15) is 0 Å². The molecular weight excluding hydrogens is 248 g/mol. The fourth-order valence-corrected chi connectivity index (χ4v) is 2.69. The number of aryl methyl sites for hydroxylation is 1. The van der Waals surface area contributed by atoms with Crippen molar-refractivity contribution in [3.05, 3.63) is 35.0 Å². The fraction of sp³-hybridized carbons (Fsp3) is 0.308. The van der Waals surface area contributed by atoms with E-state index in [1.165, 1.54) is 0 Å². The number of aromatic nitrogens is 3. The summed E-state index contributed by atoms with van der Waals surface area (Å²) in [6, 6.07) is 0.141. The van der Waals surface area contributed by atoms with Crippen LogP contribution in [0.3, 0.4) is 0 Å². The Morgan fingerprint density at radius 3 is 2.72 bits per heavy atom. The van der Waals surface area contributed by atoms with Gasteiger partial charge in [0.25, 0.3) is 0 Å². The summed E-state index contributed by atoms with van der Waals surface area (Å²) in [5, 5.41) is 0.515. The normalized spacial score (nSPS) is 17.3. The highest BCUT2D eigenvalue weighted by Crippen LogP contribution is 2.45. The molecule has 3 heterocycles. The van der Waals surface area contributed by atoms with Gasteiger partial charge in [0, 0.05) is 31.2 Å². The largest absolute Gasteiger partial charge is 0.363 e. The lowest BCUT2D eigenvalue weighted by atomic mass is 9.95. The summed E-state index contributed by atoms with van der Waals surface area (Å²) in [7, 11) is 2.01. The van der Waals surface area contributed by atoms with E-state index in [0.29, 0.717) is 5.15 Å². The highest BCUT2D eigenvalue weighted by atomic mass is 35.5. The van der Waals surface area contributed by atoms with Gasteiger partial charge < -0.3 is 4.90 Å². The van der Waals surface area contributed by atoms with Crippen molar-refractivity contribution in [1.82, 2.24) is 15.0 Å². The molecule has 1 aliphatic heterocycles. The van der Waals surface area contributed by atoms with E-state index < -0.39 is 0 Å². The van der Waals surface area contributed by atoms with Gasteiger partial charge in [-0.3, -0.25) is 9.97 Å². The third kappa shape index (κ3) is 1.42. The van der Waals surface area contributed by atoms with Gasteiger partial charge in [-0.15, -0.1) is 0 Å². The molecule has 1 atom stereocenters. The average molecular weight is 261 g/mol. The van der Waals surface area contributed by atoms with Crippen molar-refractivity contribution in [3.8, 4) is 11.3 Å². The maximum Gasteiger partial charge on any atom is 0.153 e. The van der Waals surface area contributed by atoms with Crippen molar-refractivity contribution in [3.63, 3.8) is 0 Å². The van der Waals surface area contributed by atoms with Crippen LogP contribution in [0.5, 0.6) is 0 Å². The molecule has 0 aromatic carbocycles. The van der Waals surface area contributed by atoms with Gasteiger partial charge in [-0.1, -0.05) is 11.6 Å². The Labute approximate surface area is 111 Å². The Morgan fingerprint density at radius 1 is 1.22 bits per heavy atom. The molecule has 0 spiro atoms. The van der Waals surface area contributed by atoms with Crippen molar-refractivity contribution in [2.75, 3.05) is 11.9 Å². The number of hydrogen-bond donors (Lipinski definition) is 0. The first-order valence-corrected chi connectivity index (χ1v) is 6.18. The van der Waals surface area contributed by atoms with Gasteiger partial charge in [0.15, 0.2) is 5.15 Å². The first-order chi connectivity index (χ1) is 8.61. The second-order valence-corrected chi connectivity index (χ2v) is 4.89. The summed E-state index contributed by atoms with van der Waals surface area (Å²) in [5.41, 5.74) is 4.95. The Morgan fingerprint density at radius 2 is 1.94 bits per heavy atom. The number of fused-ring (bicyclic) bond motifs is 3. The van der Waals surface area contributed by atoms with Crippen LogP contribution in [-0.2, 0) is 0 Å². The van der Waals surface area contributed by atoms with Crippen molar-refractivity contribution in [2.24, 2.45) is 0 Å². The Balaban J connectivity index is 2.41. The maximum absolute atomic E-state index is 6.24. The molecule has 0 saturated carbocycles. The Bertz CT molecular complexity index is 626. The molecule has 0 aliphatic carbocycles. The molecule has 2 aromatic rings. The van der Waals surface area contributed by atoms with E-state index >= 15 is 0 Å².